The van der Waals surface area contributed by atoms with Gasteiger partial charge in [-0.1, -0.05) is 11.6 Å². The van der Waals surface area contributed by atoms with Crippen LogP contribution in [-0.4, -0.2) is 78.1 Å². The van der Waals surface area contributed by atoms with Gasteiger partial charge >= 0.3 is 0 Å². The Morgan fingerprint density at radius 1 is 1.17 bits per heavy atom. The summed E-state index contributed by atoms with van der Waals surface area (Å²) in [4.78, 5) is 5.08. The summed E-state index contributed by atoms with van der Waals surface area (Å²) in [6.45, 7) is 9.89. The largest absolute Gasteiger partial charge is 0.379 e. The number of ether oxygens (including phenoxy) is 1. The molecule has 2 fully saturated rings. The van der Waals surface area contributed by atoms with Gasteiger partial charge in [0.1, 0.15) is 5.15 Å². The van der Waals surface area contributed by atoms with Gasteiger partial charge in [-0.25, -0.2) is 0 Å². The molecule has 3 rings (SSSR count). The number of piperidine rings is 1. The third kappa shape index (κ3) is 3.78. The van der Waals surface area contributed by atoms with Crippen LogP contribution in [0.15, 0.2) is 0 Å². The molecule has 1 N–H and O–H groups in total. The highest BCUT2D eigenvalue weighted by Gasteiger charge is 2.39. The summed E-state index contributed by atoms with van der Waals surface area (Å²) in [5, 5.41) is 8.82. The van der Waals surface area contributed by atoms with Gasteiger partial charge in [0.2, 0.25) is 0 Å². The van der Waals surface area contributed by atoms with Crippen LogP contribution >= 0.6 is 11.6 Å². The number of halogens is 1. The van der Waals surface area contributed by atoms with E-state index in [1.165, 1.54) is 12.8 Å². The first kappa shape index (κ1) is 18.1. The molecule has 3 heterocycles. The fourth-order valence-corrected chi connectivity index (χ4v) is 4.21. The van der Waals surface area contributed by atoms with Crippen molar-refractivity contribution in [3.8, 4) is 0 Å². The highest BCUT2D eigenvalue weighted by atomic mass is 35.5. The lowest BCUT2D eigenvalue weighted by atomic mass is 9.85. The van der Waals surface area contributed by atoms with E-state index in [0.717, 1.165) is 68.9 Å². The van der Waals surface area contributed by atoms with Crippen LogP contribution in [0, 0.1) is 6.92 Å². The van der Waals surface area contributed by atoms with Gasteiger partial charge in [0, 0.05) is 44.3 Å². The van der Waals surface area contributed by atoms with Crippen LogP contribution in [0.3, 0.4) is 0 Å². The van der Waals surface area contributed by atoms with Crippen LogP contribution in [0.25, 0.3) is 0 Å². The van der Waals surface area contributed by atoms with Crippen molar-refractivity contribution >= 4 is 11.6 Å². The summed E-state index contributed by atoms with van der Waals surface area (Å²) in [6.07, 6.45) is 2.41. The van der Waals surface area contributed by atoms with Gasteiger partial charge in [-0.2, -0.15) is 5.10 Å². The second-order valence-electron chi connectivity index (χ2n) is 7.21. The monoisotopic (exact) mass is 355 g/mol. The van der Waals surface area contributed by atoms with Gasteiger partial charge in [-0.3, -0.25) is 9.58 Å². The maximum absolute atomic E-state index is 6.36. The average molecular weight is 356 g/mol. The zero-order valence-electron chi connectivity index (χ0n) is 15.1. The topological polar surface area (TPSA) is 45.6 Å². The maximum Gasteiger partial charge on any atom is 0.131 e. The second-order valence-corrected chi connectivity index (χ2v) is 7.57. The Labute approximate surface area is 150 Å². The van der Waals surface area contributed by atoms with Crippen molar-refractivity contribution in [2.45, 2.75) is 31.8 Å². The van der Waals surface area contributed by atoms with Crippen molar-refractivity contribution in [1.82, 2.24) is 24.9 Å². The molecule has 2 aliphatic heterocycles. The third-order valence-corrected chi connectivity index (χ3v) is 6.10. The molecule has 0 bridgehead atoms. The van der Waals surface area contributed by atoms with E-state index in [9.17, 15) is 0 Å². The molecule has 1 aromatic heterocycles. The van der Waals surface area contributed by atoms with Crippen molar-refractivity contribution in [3.63, 3.8) is 0 Å². The highest BCUT2D eigenvalue weighted by molar-refractivity contribution is 6.30. The van der Waals surface area contributed by atoms with Crippen molar-refractivity contribution in [3.05, 3.63) is 16.4 Å². The summed E-state index contributed by atoms with van der Waals surface area (Å²) in [5.41, 5.74) is 2.36. The number of morpholine rings is 1. The van der Waals surface area contributed by atoms with E-state index >= 15 is 0 Å². The van der Waals surface area contributed by atoms with E-state index in [-0.39, 0.29) is 5.54 Å². The van der Waals surface area contributed by atoms with Gasteiger partial charge in [0.05, 0.1) is 18.9 Å². The first-order valence-corrected chi connectivity index (χ1v) is 9.30. The van der Waals surface area contributed by atoms with Crippen LogP contribution in [0.5, 0.6) is 0 Å². The summed E-state index contributed by atoms with van der Waals surface area (Å²) in [6, 6.07) is 0. The Hall–Kier alpha value is -0.660. The molecule has 6 nitrogen and oxygen atoms in total. The minimum absolute atomic E-state index is 0.235. The van der Waals surface area contributed by atoms with Crippen molar-refractivity contribution in [2.75, 3.05) is 53.0 Å². The van der Waals surface area contributed by atoms with Crippen LogP contribution in [0.2, 0.25) is 5.15 Å². The normalized spacial score (nSPS) is 22.8. The molecule has 0 aromatic carbocycles. The molecule has 0 saturated carbocycles. The van der Waals surface area contributed by atoms with Crippen molar-refractivity contribution in [1.29, 1.82) is 0 Å². The lowest BCUT2D eigenvalue weighted by Crippen LogP contribution is -2.62. The molecule has 0 spiro atoms. The number of nitrogens with zero attached hydrogens (tertiary/aromatic N) is 4. The summed E-state index contributed by atoms with van der Waals surface area (Å²) >= 11 is 6.36. The van der Waals surface area contributed by atoms with E-state index in [0.29, 0.717) is 0 Å². The fourth-order valence-electron chi connectivity index (χ4n) is 3.97. The molecule has 0 unspecified atom stereocenters. The lowest BCUT2D eigenvalue weighted by molar-refractivity contribution is -0.0447. The highest BCUT2D eigenvalue weighted by Crippen LogP contribution is 2.29. The first-order valence-electron chi connectivity index (χ1n) is 8.92. The quantitative estimate of drug-likeness (QED) is 0.861. The summed E-state index contributed by atoms with van der Waals surface area (Å²) in [5.74, 6) is 0. The molecule has 0 radical (unpaired) electrons. The zero-order chi connectivity index (χ0) is 17.2. The minimum Gasteiger partial charge on any atom is -0.379 e. The number of hydrogen-bond acceptors (Lipinski definition) is 5. The molecule has 0 aliphatic carbocycles. The molecule has 1 aromatic rings. The standard InChI is InChI=1S/C17H30ClN5O/c1-14-15(16(18)22(3)20-14)12-19-13-17(4-6-21(2)7-5-17)23-8-10-24-11-9-23/h19H,4-13H2,1-3H3. The average Bonchev–Trinajstić information content (AvgIpc) is 2.84. The fraction of sp³-hybridized carbons (Fsp3) is 0.824. The van der Waals surface area contributed by atoms with Gasteiger partial charge in [0.15, 0.2) is 0 Å². The predicted molar refractivity (Wildman–Crippen MR) is 96.5 cm³/mol. The Morgan fingerprint density at radius 3 is 2.42 bits per heavy atom. The molecule has 24 heavy (non-hydrogen) atoms. The molecule has 7 heteroatoms. The third-order valence-electron chi connectivity index (χ3n) is 5.63. The van der Waals surface area contributed by atoms with Crippen molar-refractivity contribution < 1.29 is 4.74 Å². The van der Waals surface area contributed by atoms with Gasteiger partial charge in [-0.05, 0) is 39.9 Å². The maximum atomic E-state index is 6.36. The minimum atomic E-state index is 0.235. The van der Waals surface area contributed by atoms with Crippen LogP contribution in [0.4, 0.5) is 0 Å². The Morgan fingerprint density at radius 2 is 1.83 bits per heavy atom. The van der Waals surface area contributed by atoms with Crippen LogP contribution in [-0.2, 0) is 18.3 Å². The first-order chi connectivity index (χ1) is 11.5. The number of likely N-dealkylation sites (tertiary alicyclic amines) is 1. The summed E-state index contributed by atoms with van der Waals surface area (Å²) in [7, 11) is 4.11. The Bertz CT molecular complexity index is 547. The van der Waals surface area contributed by atoms with E-state index in [4.69, 9.17) is 16.3 Å². The molecule has 2 saturated heterocycles. The second kappa shape index (κ2) is 7.70. The van der Waals surface area contributed by atoms with E-state index in [2.05, 4.69) is 27.3 Å². The number of rotatable bonds is 5. The van der Waals surface area contributed by atoms with Crippen LogP contribution < -0.4 is 5.32 Å². The molecule has 136 valence electrons. The summed E-state index contributed by atoms with van der Waals surface area (Å²) < 4.78 is 7.31. The van der Waals surface area contributed by atoms with E-state index < -0.39 is 0 Å². The number of aromatic nitrogens is 2. The van der Waals surface area contributed by atoms with Gasteiger partial charge in [0.25, 0.3) is 0 Å². The van der Waals surface area contributed by atoms with E-state index in [1.807, 2.05) is 14.0 Å². The van der Waals surface area contributed by atoms with Crippen molar-refractivity contribution in [2.24, 2.45) is 7.05 Å². The van der Waals surface area contributed by atoms with Gasteiger partial charge < -0.3 is 15.0 Å². The SMILES string of the molecule is Cc1nn(C)c(Cl)c1CNCC1(N2CCOCC2)CCN(C)CC1. The smallest absolute Gasteiger partial charge is 0.131 e. The number of hydrogen-bond donors (Lipinski definition) is 1. The molecule has 2 aliphatic rings. The Kier molecular flexibility index (Phi) is 5.82. The zero-order valence-corrected chi connectivity index (χ0v) is 15.9. The molecular formula is C17H30ClN5O. The molecule has 0 amide bonds. The van der Waals surface area contributed by atoms with Gasteiger partial charge in [-0.15, -0.1) is 0 Å². The predicted octanol–water partition coefficient (Wildman–Crippen LogP) is 1.27. The Balaban J connectivity index is 1.65. The molecular weight excluding hydrogens is 326 g/mol. The van der Waals surface area contributed by atoms with Crippen LogP contribution in [0.1, 0.15) is 24.1 Å². The number of aryl methyl sites for hydroxylation is 2. The van der Waals surface area contributed by atoms with E-state index in [1.54, 1.807) is 4.68 Å². The molecule has 0 atom stereocenters. The lowest BCUT2D eigenvalue weighted by Gasteiger charge is -2.50. The number of nitrogens with one attached hydrogen (secondary N) is 1.